The van der Waals surface area contributed by atoms with Crippen LogP contribution in [-0.4, -0.2) is 112 Å². The molecule has 0 amide bonds. The molecule has 0 radical (unpaired) electrons. The van der Waals surface area contributed by atoms with Gasteiger partial charge in [-0.05, 0) is 103 Å². The van der Waals surface area contributed by atoms with Crippen molar-refractivity contribution in [2.75, 3.05) is 8.86 Å². The molecule has 0 spiro atoms. The van der Waals surface area contributed by atoms with Crippen molar-refractivity contribution < 1.29 is 49.4 Å². The van der Waals surface area contributed by atoms with Gasteiger partial charge in [0, 0.05) is 14.4 Å². The first-order valence-corrected chi connectivity index (χ1v) is 53.0. The number of rotatable bonds is 16. The van der Waals surface area contributed by atoms with Crippen molar-refractivity contribution in [2.24, 2.45) is 0 Å². The van der Waals surface area contributed by atoms with Gasteiger partial charge in [-0.25, -0.2) is 0 Å². The highest BCUT2D eigenvalue weighted by atomic mass is 127. The molecule has 0 aliphatic carbocycles. The predicted molar refractivity (Wildman–Crippen MR) is 300 cm³/mol. The normalized spacial score (nSPS) is 45.9. The van der Waals surface area contributed by atoms with E-state index in [0.29, 0.717) is 0 Å². The molecule has 0 aromatic rings. The van der Waals surface area contributed by atoms with E-state index in [9.17, 15) is 0 Å². The average Bonchev–Trinajstić information content (AvgIpc) is 3.17. The van der Waals surface area contributed by atoms with Crippen LogP contribution >= 0.6 is 45.2 Å². The Labute approximate surface area is 415 Å². The fourth-order valence-electron chi connectivity index (χ4n) is 7.51. The van der Waals surface area contributed by atoms with Crippen LogP contribution in [0, 0.1) is 0 Å². The average molecular weight is 1290 g/mol. The molecule has 4 heterocycles. The molecule has 0 N–H and O–H groups in total. The third-order valence-electron chi connectivity index (χ3n) is 11.0. The Balaban J connectivity index is 0.000000357. The molecule has 4 saturated heterocycles. The molecular weight excluding hydrogens is 1220 g/mol. The first kappa shape index (κ1) is 59.6. The highest BCUT2D eigenvalue weighted by molar-refractivity contribution is 14.1. The summed E-state index contributed by atoms with van der Waals surface area (Å²) in [5.41, 5.74) is 15.1. The van der Waals surface area contributed by atoms with Crippen molar-refractivity contribution in [1.29, 1.82) is 0 Å². The van der Waals surface area contributed by atoms with Crippen LogP contribution in [0.1, 0.15) is 13.3 Å². The Bertz CT molecular complexity index is 1590. The minimum atomic E-state index is -2.57. The molecular formula is C36H76I2O12Si12. The second-order valence-corrected chi connectivity index (χ2v) is 60.2. The quantitative estimate of drug-likeness (QED) is 0.0833. The Hall–Kier alpha value is 1.50. The lowest BCUT2D eigenvalue weighted by atomic mass is 10.4. The molecule has 354 valence electrons. The monoisotopic (exact) mass is 1290 g/mol. The highest BCUT2D eigenvalue weighted by Crippen LogP contribution is 2.44. The Kier molecular flexibility index (Phi) is 21.6. The summed E-state index contributed by atoms with van der Waals surface area (Å²) in [5, 5.41) is 0. The largest absolute Gasteiger partial charge is 0.413 e. The summed E-state index contributed by atoms with van der Waals surface area (Å²) in [6, 6.07) is 2.76. The molecule has 26 heteroatoms. The summed E-state index contributed by atoms with van der Waals surface area (Å²) in [7, 11) is -28.2. The number of alkyl halides is 2. The van der Waals surface area contributed by atoms with Crippen LogP contribution in [0.5, 0.6) is 0 Å². The van der Waals surface area contributed by atoms with Crippen LogP contribution in [0.2, 0.25) is 102 Å². The fraction of sp³-hybridized carbons (Fsp3) is 0.556. The third kappa shape index (κ3) is 16.0. The van der Waals surface area contributed by atoms with Gasteiger partial charge in [0.1, 0.15) is 0 Å². The zero-order valence-corrected chi connectivity index (χ0v) is 56.1. The smallest absolute Gasteiger partial charge is 0.343 e. The minimum Gasteiger partial charge on any atom is -0.413 e. The van der Waals surface area contributed by atoms with Gasteiger partial charge < -0.3 is 49.4 Å². The topological polar surface area (TPSA) is 111 Å². The molecule has 9 unspecified atom stereocenters. The summed E-state index contributed by atoms with van der Waals surface area (Å²) in [4.78, 5) is 0. The van der Waals surface area contributed by atoms with E-state index in [2.05, 4.69) is 144 Å². The van der Waals surface area contributed by atoms with Crippen molar-refractivity contribution in [3.8, 4) is 0 Å². The summed E-state index contributed by atoms with van der Waals surface area (Å²) in [6.45, 7) is 58.2. The zero-order valence-electron chi connectivity index (χ0n) is 39.8. The van der Waals surface area contributed by atoms with Crippen LogP contribution in [-0.2, 0) is 49.4 Å². The molecule has 62 heavy (non-hydrogen) atoms. The van der Waals surface area contributed by atoms with Gasteiger partial charge in [-0.15, -0.1) is 52.6 Å². The van der Waals surface area contributed by atoms with Gasteiger partial charge in [-0.2, -0.15) is 0 Å². The second kappa shape index (κ2) is 22.5. The van der Waals surface area contributed by atoms with Crippen molar-refractivity contribution >= 4 is 148 Å². The van der Waals surface area contributed by atoms with Gasteiger partial charge >= 0.3 is 103 Å². The first-order chi connectivity index (χ1) is 28.3. The maximum Gasteiger partial charge on any atom is 0.343 e. The van der Waals surface area contributed by atoms with Crippen LogP contribution in [0.4, 0.5) is 0 Å². The maximum atomic E-state index is 6.65. The molecule has 0 saturated carbocycles. The van der Waals surface area contributed by atoms with Gasteiger partial charge in [0.2, 0.25) is 0 Å². The Morgan fingerprint density at radius 1 is 0.371 bits per heavy atom. The summed E-state index contributed by atoms with van der Waals surface area (Å²) in [6.07, 6.45) is 0.904. The first-order valence-electron chi connectivity index (χ1n) is 20.9. The second-order valence-electron chi connectivity index (χ2n) is 17.6. The van der Waals surface area contributed by atoms with E-state index in [1.807, 2.05) is 84.9 Å². The summed E-state index contributed by atoms with van der Waals surface area (Å²) >= 11 is 4.81. The SMILES string of the molecule is C=C[Si]1(C)O[Si](C)(C=C)O[Si](C)(CC)O1.C=C[Si]1(C)O[Si](C)(C=C)O[Si](C)(CCC(CI)[Si]2(C)O[Si](C)(C=C)O[Si](C)(C=C)O2)O1.C=C[Si]1(C)O[Si](C)(C=C)O[Si](C)(CCI)O1. The fourth-order valence-corrected chi connectivity index (χ4v) is 71.6. The summed E-state index contributed by atoms with van der Waals surface area (Å²) in [5.74, 6) is 0. The lowest BCUT2D eigenvalue weighted by molar-refractivity contribution is 0.228. The van der Waals surface area contributed by atoms with Gasteiger partial charge in [0.25, 0.3) is 0 Å². The van der Waals surface area contributed by atoms with Gasteiger partial charge in [0.15, 0.2) is 0 Å². The predicted octanol–water partition coefficient (Wildman–Crippen LogP) is 11.5. The van der Waals surface area contributed by atoms with Gasteiger partial charge in [0.05, 0.1) is 0 Å². The molecule has 12 nitrogen and oxygen atoms in total. The Morgan fingerprint density at radius 3 is 0.839 bits per heavy atom. The molecule has 0 aromatic carbocycles. The van der Waals surface area contributed by atoms with Crippen LogP contribution in [0.15, 0.2) is 98.2 Å². The third-order valence-corrected chi connectivity index (χ3v) is 65.5. The molecule has 0 aromatic heterocycles. The van der Waals surface area contributed by atoms with E-state index in [-0.39, 0.29) is 5.54 Å². The van der Waals surface area contributed by atoms with E-state index < -0.39 is 103 Å². The van der Waals surface area contributed by atoms with Gasteiger partial charge in [-0.1, -0.05) is 97.7 Å². The number of hydrogen-bond acceptors (Lipinski definition) is 12. The lowest BCUT2D eigenvalue weighted by Gasteiger charge is -2.51. The van der Waals surface area contributed by atoms with Crippen LogP contribution in [0.25, 0.3) is 0 Å². The molecule has 0 bridgehead atoms. The molecule has 4 aliphatic heterocycles. The number of hydrogen-bond donors (Lipinski definition) is 0. The van der Waals surface area contributed by atoms with E-state index in [1.54, 1.807) is 0 Å². The minimum absolute atomic E-state index is 0.267. The van der Waals surface area contributed by atoms with Crippen molar-refractivity contribution in [3.05, 3.63) is 98.2 Å². The van der Waals surface area contributed by atoms with Crippen LogP contribution in [0.3, 0.4) is 0 Å². The van der Waals surface area contributed by atoms with E-state index in [1.165, 1.54) is 0 Å². The van der Waals surface area contributed by atoms with E-state index in [4.69, 9.17) is 49.4 Å². The van der Waals surface area contributed by atoms with Gasteiger partial charge in [-0.3, -0.25) is 0 Å². The molecule has 4 rings (SSSR count). The van der Waals surface area contributed by atoms with Crippen molar-refractivity contribution in [3.63, 3.8) is 0 Å². The lowest BCUT2D eigenvalue weighted by Crippen LogP contribution is -2.68. The molecule has 9 atom stereocenters. The molecule has 4 aliphatic rings. The van der Waals surface area contributed by atoms with Crippen LogP contribution < -0.4 is 0 Å². The maximum absolute atomic E-state index is 6.65. The van der Waals surface area contributed by atoms with E-state index >= 15 is 0 Å². The van der Waals surface area contributed by atoms with Crippen molar-refractivity contribution in [2.45, 2.75) is 116 Å². The van der Waals surface area contributed by atoms with E-state index in [0.717, 1.165) is 33.4 Å². The Morgan fingerprint density at radius 2 is 0.613 bits per heavy atom. The standard InChI is InChI=1S/C18H37IO6Si6.C9H19IO3Si3.C9H20O3Si3/c1-11-26(5)20-27(6,12-2)23-30(9,22-26)16-15-18(17-19)31(10)24-28(7,13-3)21-29(8,14-4)25-31;1-6-14(3)11-15(4,7-2)13-16(5,12-14)9-8-10;1-7-13(4)10-14(5,8-2)12-15(6,9-3)11-13/h11-14,18H,1-4,15-17H2,5-10H3;6-7H,1-2,8-9H2,3-5H3;7-8H,1-2,9H2,3-6H3. The van der Waals surface area contributed by atoms with Crippen molar-refractivity contribution in [1.82, 2.24) is 0 Å². The summed E-state index contributed by atoms with van der Waals surface area (Å²) < 4.78 is 77.4. The zero-order chi connectivity index (χ0) is 48.0. The molecule has 4 fully saturated rings. The number of halogens is 2. The highest BCUT2D eigenvalue weighted by Gasteiger charge is 2.60.